The van der Waals surface area contributed by atoms with E-state index in [0.29, 0.717) is 23.9 Å². The van der Waals surface area contributed by atoms with Crippen LogP contribution in [-0.2, 0) is 6.42 Å². The van der Waals surface area contributed by atoms with Crippen LogP contribution in [0.4, 0.5) is 17.5 Å². The highest BCUT2D eigenvalue weighted by atomic mass is 35.5. The van der Waals surface area contributed by atoms with E-state index in [-0.39, 0.29) is 5.78 Å². The second kappa shape index (κ2) is 8.45. The van der Waals surface area contributed by atoms with Crippen LogP contribution < -0.4 is 10.6 Å². The maximum Gasteiger partial charge on any atom is 0.224 e. The Morgan fingerprint density at radius 2 is 1.96 bits per heavy atom. The lowest BCUT2D eigenvalue weighted by molar-refractivity contribution is 0.101. The van der Waals surface area contributed by atoms with Crippen LogP contribution in [0.25, 0.3) is 0 Å². The number of halogens is 1. The van der Waals surface area contributed by atoms with Gasteiger partial charge in [0.05, 0.1) is 0 Å². The van der Waals surface area contributed by atoms with E-state index in [1.165, 1.54) is 0 Å². The van der Waals surface area contributed by atoms with Crippen LogP contribution in [0.1, 0.15) is 22.8 Å². The van der Waals surface area contributed by atoms with Crippen molar-refractivity contribution in [1.29, 1.82) is 0 Å². The molecular weight excluding hydrogens is 348 g/mol. The molecule has 132 valence electrons. The number of rotatable bonds is 7. The molecular formula is C20H19ClN4O. The number of benzene rings is 2. The van der Waals surface area contributed by atoms with Crippen LogP contribution in [0.15, 0.2) is 60.8 Å². The van der Waals surface area contributed by atoms with Crippen molar-refractivity contribution in [3.63, 3.8) is 0 Å². The van der Waals surface area contributed by atoms with E-state index in [9.17, 15) is 4.79 Å². The molecule has 0 unspecified atom stereocenters. The number of anilines is 3. The summed E-state index contributed by atoms with van der Waals surface area (Å²) in [5.41, 5.74) is 2.62. The third kappa shape index (κ3) is 5.04. The van der Waals surface area contributed by atoms with E-state index >= 15 is 0 Å². The van der Waals surface area contributed by atoms with Gasteiger partial charge in [0, 0.05) is 29.0 Å². The van der Waals surface area contributed by atoms with E-state index < -0.39 is 0 Å². The first-order valence-electron chi connectivity index (χ1n) is 8.29. The van der Waals surface area contributed by atoms with Crippen molar-refractivity contribution in [3.05, 3.63) is 76.9 Å². The molecule has 0 atom stereocenters. The van der Waals surface area contributed by atoms with Crippen molar-refractivity contribution in [2.24, 2.45) is 0 Å². The number of carbonyl (C=O) groups is 1. The van der Waals surface area contributed by atoms with Crippen molar-refractivity contribution in [2.75, 3.05) is 17.2 Å². The zero-order valence-electron chi connectivity index (χ0n) is 14.4. The summed E-state index contributed by atoms with van der Waals surface area (Å²) >= 11 is 5.99. The number of Topliss-reactive ketones (excluding diaryl/α,β-unsaturated/α-hetero) is 1. The summed E-state index contributed by atoms with van der Waals surface area (Å²) in [5.74, 6) is 1.23. The molecule has 2 aromatic carbocycles. The van der Waals surface area contributed by atoms with Gasteiger partial charge in [-0.25, -0.2) is 4.98 Å². The smallest absolute Gasteiger partial charge is 0.224 e. The predicted molar refractivity (Wildman–Crippen MR) is 105 cm³/mol. The quantitative estimate of drug-likeness (QED) is 0.591. The fourth-order valence-corrected chi connectivity index (χ4v) is 2.70. The Hall–Kier alpha value is -2.92. The maximum absolute atomic E-state index is 11.5. The fraction of sp³-hybridized carbons (Fsp3) is 0.150. The maximum atomic E-state index is 11.5. The normalized spacial score (nSPS) is 10.4. The molecule has 26 heavy (non-hydrogen) atoms. The number of ketones is 1. The predicted octanol–water partition coefficient (Wildman–Crippen LogP) is 4.73. The molecule has 6 heteroatoms. The Morgan fingerprint density at radius 3 is 2.77 bits per heavy atom. The lowest BCUT2D eigenvalue weighted by atomic mass is 10.1. The molecule has 0 fully saturated rings. The first kappa shape index (κ1) is 17.9. The molecule has 3 rings (SSSR count). The van der Waals surface area contributed by atoms with Gasteiger partial charge in [0.2, 0.25) is 5.95 Å². The summed E-state index contributed by atoms with van der Waals surface area (Å²) < 4.78 is 0. The van der Waals surface area contributed by atoms with Gasteiger partial charge < -0.3 is 10.6 Å². The average molecular weight is 367 g/mol. The highest BCUT2D eigenvalue weighted by molar-refractivity contribution is 6.30. The molecule has 0 saturated carbocycles. The van der Waals surface area contributed by atoms with Crippen LogP contribution in [-0.4, -0.2) is 22.3 Å². The molecule has 0 saturated heterocycles. The molecule has 0 amide bonds. The Labute approximate surface area is 157 Å². The van der Waals surface area contributed by atoms with Gasteiger partial charge in [-0.05, 0) is 49.2 Å². The van der Waals surface area contributed by atoms with Crippen LogP contribution >= 0.6 is 11.6 Å². The van der Waals surface area contributed by atoms with Gasteiger partial charge in [-0.2, -0.15) is 4.98 Å². The van der Waals surface area contributed by atoms with Gasteiger partial charge in [0.25, 0.3) is 0 Å². The van der Waals surface area contributed by atoms with Crippen molar-refractivity contribution in [2.45, 2.75) is 13.3 Å². The Morgan fingerprint density at radius 1 is 1.12 bits per heavy atom. The molecule has 0 aliphatic rings. The molecule has 0 aliphatic carbocycles. The van der Waals surface area contributed by atoms with E-state index in [2.05, 4.69) is 20.6 Å². The Kier molecular flexibility index (Phi) is 5.81. The van der Waals surface area contributed by atoms with Gasteiger partial charge in [0.1, 0.15) is 5.82 Å². The van der Waals surface area contributed by atoms with Gasteiger partial charge in [-0.3, -0.25) is 4.79 Å². The zero-order valence-corrected chi connectivity index (χ0v) is 15.1. The second-order valence-electron chi connectivity index (χ2n) is 5.83. The lowest BCUT2D eigenvalue weighted by Crippen LogP contribution is -2.08. The summed E-state index contributed by atoms with van der Waals surface area (Å²) in [6.45, 7) is 2.25. The monoisotopic (exact) mass is 366 g/mol. The van der Waals surface area contributed by atoms with Crippen LogP contribution in [0, 0.1) is 0 Å². The molecule has 2 N–H and O–H groups in total. The summed E-state index contributed by atoms with van der Waals surface area (Å²) in [6, 6.07) is 16.9. The number of nitrogens with one attached hydrogen (secondary N) is 2. The van der Waals surface area contributed by atoms with E-state index in [1.54, 1.807) is 31.3 Å². The van der Waals surface area contributed by atoms with Crippen molar-refractivity contribution in [1.82, 2.24) is 9.97 Å². The minimum absolute atomic E-state index is 0.0275. The molecule has 5 nitrogen and oxygen atoms in total. The molecule has 0 bridgehead atoms. The van der Waals surface area contributed by atoms with Gasteiger partial charge in [-0.1, -0.05) is 35.9 Å². The summed E-state index contributed by atoms with van der Waals surface area (Å²) in [4.78, 5) is 20.2. The largest absolute Gasteiger partial charge is 0.354 e. The van der Waals surface area contributed by atoms with Crippen molar-refractivity contribution < 1.29 is 4.79 Å². The number of hydrogen-bond donors (Lipinski definition) is 2. The van der Waals surface area contributed by atoms with Crippen molar-refractivity contribution >= 4 is 34.8 Å². The summed E-state index contributed by atoms with van der Waals surface area (Å²) in [7, 11) is 0. The third-order valence-corrected chi connectivity index (χ3v) is 4.02. The van der Waals surface area contributed by atoms with Gasteiger partial charge in [0.15, 0.2) is 5.78 Å². The first-order chi connectivity index (χ1) is 12.6. The Balaban J connectivity index is 1.61. The number of nitrogens with zero attached hydrogens (tertiary/aromatic N) is 2. The zero-order chi connectivity index (χ0) is 18.4. The minimum atomic E-state index is 0.0275. The van der Waals surface area contributed by atoms with Gasteiger partial charge >= 0.3 is 0 Å². The highest BCUT2D eigenvalue weighted by Gasteiger charge is 2.03. The third-order valence-electron chi connectivity index (χ3n) is 3.78. The van der Waals surface area contributed by atoms with E-state index in [0.717, 1.165) is 22.7 Å². The first-order valence-corrected chi connectivity index (χ1v) is 8.67. The number of hydrogen-bond acceptors (Lipinski definition) is 5. The molecule has 3 aromatic rings. The lowest BCUT2D eigenvalue weighted by Gasteiger charge is -2.09. The second-order valence-corrected chi connectivity index (χ2v) is 6.27. The topological polar surface area (TPSA) is 66.9 Å². The molecule has 0 aliphatic heterocycles. The number of carbonyl (C=O) groups excluding carboxylic acids is 1. The number of aromatic nitrogens is 2. The van der Waals surface area contributed by atoms with E-state index in [1.807, 2.05) is 36.4 Å². The minimum Gasteiger partial charge on any atom is -0.354 e. The van der Waals surface area contributed by atoms with Crippen LogP contribution in [0.5, 0.6) is 0 Å². The van der Waals surface area contributed by atoms with Crippen LogP contribution in [0.3, 0.4) is 0 Å². The van der Waals surface area contributed by atoms with Crippen LogP contribution in [0.2, 0.25) is 5.02 Å². The Bertz CT molecular complexity index is 914. The molecule has 0 spiro atoms. The summed E-state index contributed by atoms with van der Waals surface area (Å²) in [5, 5.41) is 7.14. The highest BCUT2D eigenvalue weighted by Crippen LogP contribution is 2.17. The molecule has 0 radical (unpaired) electrons. The van der Waals surface area contributed by atoms with Gasteiger partial charge in [-0.15, -0.1) is 0 Å². The van der Waals surface area contributed by atoms with E-state index in [4.69, 9.17) is 11.6 Å². The summed E-state index contributed by atoms with van der Waals surface area (Å²) in [6.07, 6.45) is 2.51. The molecule has 1 heterocycles. The standard InChI is InChI=1S/C20H19ClN4O/c1-14(26)16-5-3-7-18(13-16)24-19-9-11-23-20(25-19)22-10-8-15-4-2-6-17(21)12-15/h2-7,9,11-13H,8,10H2,1H3,(H2,22,23,24,25). The fourth-order valence-electron chi connectivity index (χ4n) is 2.49. The van der Waals surface area contributed by atoms with Crippen molar-refractivity contribution in [3.8, 4) is 0 Å². The average Bonchev–Trinajstić information content (AvgIpc) is 2.62. The SMILES string of the molecule is CC(=O)c1cccc(Nc2ccnc(NCCc3cccc(Cl)c3)n2)c1. The molecule has 1 aromatic heterocycles.